The molecule has 3 rings (SSSR count). The highest BCUT2D eigenvalue weighted by Gasteiger charge is 2.36. The van der Waals surface area contributed by atoms with Crippen LogP contribution < -0.4 is 15.5 Å². The van der Waals surface area contributed by atoms with E-state index in [1.165, 1.54) is 11.9 Å². The highest BCUT2D eigenvalue weighted by molar-refractivity contribution is 6.05. The van der Waals surface area contributed by atoms with Crippen molar-refractivity contribution in [1.29, 1.82) is 0 Å². The van der Waals surface area contributed by atoms with Gasteiger partial charge in [0.15, 0.2) is 6.61 Å². The Balaban J connectivity index is 1.56. The lowest BCUT2D eigenvalue weighted by atomic mass is 10.1. The predicted octanol–water partition coefficient (Wildman–Crippen LogP) is 1.14. The first-order valence-corrected chi connectivity index (χ1v) is 9.99. The Labute approximate surface area is 175 Å². The van der Waals surface area contributed by atoms with E-state index in [1.54, 1.807) is 18.2 Å². The van der Waals surface area contributed by atoms with E-state index in [1.807, 2.05) is 25.7 Å². The summed E-state index contributed by atoms with van der Waals surface area (Å²) in [5.41, 5.74) is 1.29. The fourth-order valence-electron chi connectivity index (χ4n) is 3.64. The lowest BCUT2D eigenvalue weighted by Gasteiger charge is -2.33. The second kappa shape index (κ2) is 8.33. The number of nitrogens with zero attached hydrogens (tertiary/aromatic N) is 2. The SMILES string of the molecule is CN(CC(=O)NC(C)(C)C)C(=O)COC(=O)c1ccc2c(c1)NC(=O)[C@H]1CCCN21. The van der Waals surface area contributed by atoms with Crippen LogP contribution in [0.5, 0.6) is 0 Å². The third kappa shape index (κ3) is 4.90. The monoisotopic (exact) mass is 416 g/mol. The third-order valence-electron chi connectivity index (χ3n) is 5.00. The van der Waals surface area contributed by atoms with Crippen LogP contribution in [0.2, 0.25) is 0 Å². The number of benzene rings is 1. The molecule has 0 bridgehead atoms. The van der Waals surface area contributed by atoms with Crippen LogP contribution in [0.15, 0.2) is 18.2 Å². The zero-order valence-corrected chi connectivity index (χ0v) is 17.8. The van der Waals surface area contributed by atoms with Crippen molar-refractivity contribution < 1.29 is 23.9 Å². The molecule has 162 valence electrons. The Kier molecular flexibility index (Phi) is 6.00. The topological polar surface area (TPSA) is 108 Å². The molecule has 1 saturated heterocycles. The van der Waals surface area contributed by atoms with E-state index in [9.17, 15) is 19.2 Å². The first kappa shape index (κ1) is 21.6. The van der Waals surface area contributed by atoms with Gasteiger partial charge in [-0.1, -0.05) is 0 Å². The van der Waals surface area contributed by atoms with Crippen molar-refractivity contribution in [3.63, 3.8) is 0 Å². The Morgan fingerprint density at radius 2 is 2.03 bits per heavy atom. The van der Waals surface area contributed by atoms with Crippen molar-refractivity contribution in [1.82, 2.24) is 10.2 Å². The van der Waals surface area contributed by atoms with E-state index in [2.05, 4.69) is 10.6 Å². The lowest BCUT2D eigenvalue weighted by Crippen LogP contribution is -2.46. The number of amides is 3. The maximum atomic E-state index is 12.4. The van der Waals surface area contributed by atoms with E-state index in [0.29, 0.717) is 5.69 Å². The summed E-state index contributed by atoms with van der Waals surface area (Å²) in [6.45, 7) is 5.74. The molecule has 0 aliphatic carbocycles. The number of fused-ring (bicyclic) bond motifs is 3. The number of nitrogens with one attached hydrogen (secondary N) is 2. The van der Waals surface area contributed by atoms with Crippen LogP contribution in [0, 0.1) is 0 Å². The first-order chi connectivity index (χ1) is 14.0. The highest BCUT2D eigenvalue weighted by Crippen LogP contribution is 2.37. The minimum absolute atomic E-state index is 0.0733. The van der Waals surface area contributed by atoms with Gasteiger partial charge in [0.2, 0.25) is 11.8 Å². The molecule has 2 aliphatic heterocycles. The maximum Gasteiger partial charge on any atom is 0.338 e. The molecule has 1 aromatic rings. The van der Waals surface area contributed by atoms with Crippen molar-refractivity contribution in [3.05, 3.63) is 23.8 Å². The number of carbonyl (C=O) groups is 4. The van der Waals surface area contributed by atoms with Gasteiger partial charge in [-0.25, -0.2) is 4.79 Å². The standard InChI is InChI=1S/C21H28N4O5/c1-21(2,3)23-17(26)11-24(4)18(27)12-30-20(29)13-7-8-15-14(10-13)22-19(28)16-6-5-9-25(15)16/h7-8,10,16H,5-6,9,11-12H2,1-4H3,(H,22,28)(H,23,26)/t16-/m1/s1. The van der Waals surface area contributed by atoms with Gasteiger partial charge >= 0.3 is 5.97 Å². The Hall–Kier alpha value is -3.10. The normalized spacial score (nSPS) is 17.5. The molecular weight excluding hydrogens is 388 g/mol. The average molecular weight is 416 g/mol. The summed E-state index contributed by atoms with van der Waals surface area (Å²) in [5.74, 6) is -1.53. The molecule has 1 atom stereocenters. The Morgan fingerprint density at radius 3 is 2.73 bits per heavy atom. The van der Waals surface area contributed by atoms with Crippen molar-refractivity contribution >= 4 is 35.1 Å². The fraction of sp³-hybridized carbons (Fsp3) is 0.524. The number of rotatable bonds is 5. The van der Waals surface area contributed by atoms with Crippen LogP contribution in [0.25, 0.3) is 0 Å². The van der Waals surface area contributed by atoms with Crippen LogP contribution in [0.4, 0.5) is 11.4 Å². The summed E-state index contributed by atoms with van der Waals surface area (Å²) >= 11 is 0. The van der Waals surface area contributed by atoms with Gasteiger partial charge < -0.3 is 25.2 Å². The Morgan fingerprint density at radius 1 is 1.30 bits per heavy atom. The van der Waals surface area contributed by atoms with Gasteiger partial charge in [0.05, 0.1) is 23.5 Å². The van der Waals surface area contributed by atoms with Gasteiger partial charge in [-0.15, -0.1) is 0 Å². The average Bonchev–Trinajstić information content (AvgIpc) is 3.14. The lowest BCUT2D eigenvalue weighted by molar-refractivity contribution is -0.137. The second-order valence-corrected chi connectivity index (χ2v) is 8.70. The molecule has 0 unspecified atom stereocenters. The van der Waals surface area contributed by atoms with Crippen molar-refractivity contribution in [2.45, 2.75) is 45.2 Å². The molecule has 2 aliphatic rings. The number of anilines is 2. The Bertz CT molecular complexity index is 877. The van der Waals surface area contributed by atoms with Gasteiger partial charge in [-0.05, 0) is 51.8 Å². The molecule has 0 spiro atoms. The number of hydrogen-bond donors (Lipinski definition) is 2. The van der Waals surface area contributed by atoms with Crippen LogP contribution in [0.3, 0.4) is 0 Å². The van der Waals surface area contributed by atoms with E-state index < -0.39 is 24.0 Å². The molecule has 9 nitrogen and oxygen atoms in total. The molecule has 1 fully saturated rings. The fourth-order valence-corrected chi connectivity index (χ4v) is 3.64. The number of carbonyl (C=O) groups excluding carboxylic acids is 4. The number of esters is 1. The molecule has 0 radical (unpaired) electrons. The summed E-state index contributed by atoms with van der Waals surface area (Å²) in [7, 11) is 1.47. The molecule has 0 aromatic heterocycles. The molecule has 9 heteroatoms. The van der Waals surface area contributed by atoms with Gasteiger partial charge in [0.1, 0.15) is 6.04 Å². The minimum atomic E-state index is -0.670. The van der Waals surface area contributed by atoms with Crippen LogP contribution in [-0.4, -0.2) is 66.9 Å². The first-order valence-electron chi connectivity index (χ1n) is 9.99. The van der Waals surface area contributed by atoms with Crippen LogP contribution in [0.1, 0.15) is 44.0 Å². The van der Waals surface area contributed by atoms with Gasteiger partial charge in [-0.2, -0.15) is 0 Å². The van der Waals surface area contributed by atoms with Gasteiger partial charge in [-0.3, -0.25) is 14.4 Å². The molecule has 2 heterocycles. The largest absolute Gasteiger partial charge is 0.452 e. The summed E-state index contributed by atoms with van der Waals surface area (Å²) in [4.78, 5) is 52.0. The van der Waals surface area contributed by atoms with Crippen molar-refractivity contribution in [2.75, 3.05) is 37.0 Å². The molecule has 2 N–H and O–H groups in total. The molecule has 0 saturated carbocycles. The molecule has 1 aromatic carbocycles. The molecule has 30 heavy (non-hydrogen) atoms. The van der Waals surface area contributed by atoms with Crippen LogP contribution >= 0.6 is 0 Å². The zero-order chi connectivity index (χ0) is 22.1. The summed E-state index contributed by atoms with van der Waals surface area (Å²) in [6.07, 6.45) is 1.77. The maximum absolute atomic E-state index is 12.4. The smallest absolute Gasteiger partial charge is 0.338 e. The third-order valence-corrected chi connectivity index (χ3v) is 5.00. The minimum Gasteiger partial charge on any atom is -0.452 e. The quantitative estimate of drug-likeness (QED) is 0.697. The predicted molar refractivity (Wildman–Crippen MR) is 111 cm³/mol. The summed E-state index contributed by atoms with van der Waals surface area (Å²) < 4.78 is 5.11. The number of ether oxygens (including phenoxy) is 1. The van der Waals surface area contributed by atoms with Crippen molar-refractivity contribution in [3.8, 4) is 0 Å². The van der Waals surface area contributed by atoms with Crippen molar-refractivity contribution in [2.24, 2.45) is 0 Å². The van der Waals surface area contributed by atoms with Crippen LogP contribution in [-0.2, 0) is 19.1 Å². The van der Waals surface area contributed by atoms with E-state index >= 15 is 0 Å². The summed E-state index contributed by atoms with van der Waals surface area (Å²) in [6, 6.07) is 4.82. The van der Waals surface area contributed by atoms with Gasteiger partial charge in [0, 0.05) is 19.1 Å². The molecular formula is C21H28N4O5. The second-order valence-electron chi connectivity index (χ2n) is 8.70. The number of likely N-dealkylation sites (N-methyl/N-ethyl adjacent to an activating group) is 1. The van der Waals surface area contributed by atoms with Gasteiger partial charge in [0.25, 0.3) is 5.91 Å². The number of hydrogen-bond acceptors (Lipinski definition) is 6. The highest BCUT2D eigenvalue weighted by atomic mass is 16.5. The van der Waals surface area contributed by atoms with E-state index in [-0.39, 0.29) is 30.0 Å². The van der Waals surface area contributed by atoms with E-state index in [4.69, 9.17) is 4.74 Å². The van der Waals surface area contributed by atoms with E-state index in [0.717, 1.165) is 25.1 Å². The summed E-state index contributed by atoms with van der Waals surface area (Å²) in [5, 5.41) is 5.61. The zero-order valence-electron chi connectivity index (χ0n) is 17.8. The molecule has 3 amide bonds.